The smallest absolute Gasteiger partial charge is 0.262 e. The maximum absolute atomic E-state index is 11.7. The van der Waals surface area contributed by atoms with Crippen molar-refractivity contribution in [2.45, 2.75) is 32.7 Å². The van der Waals surface area contributed by atoms with Crippen molar-refractivity contribution in [1.82, 2.24) is 4.57 Å². The van der Waals surface area contributed by atoms with Crippen LogP contribution in [0.4, 0.5) is 11.4 Å². The van der Waals surface area contributed by atoms with Crippen LogP contribution in [-0.4, -0.2) is 17.1 Å². The van der Waals surface area contributed by atoms with Gasteiger partial charge in [-0.15, -0.1) is 11.3 Å². The van der Waals surface area contributed by atoms with Gasteiger partial charge in [0.1, 0.15) is 5.75 Å². The first-order chi connectivity index (χ1) is 13.7. The fourth-order valence-corrected chi connectivity index (χ4v) is 4.46. The van der Waals surface area contributed by atoms with Crippen LogP contribution < -0.4 is 14.9 Å². The van der Waals surface area contributed by atoms with E-state index in [9.17, 15) is 4.79 Å². The number of fused-ring (bicyclic) bond motifs is 1. The van der Waals surface area contributed by atoms with Crippen LogP contribution in [0.25, 0.3) is 11.3 Å². The summed E-state index contributed by atoms with van der Waals surface area (Å²) >= 11 is 1.64. The molecule has 1 aliphatic heterocycles. The molecule has 1 aromatic heterocycles. The van der Waals surface area contributed by atoms with Crippen LogP contribution in [0, 0.1) is 0 Å². The molecule has 0 bridgehead atoms. The van der Waals surface area contributed by atoms with Gasteiger partial charge in [-0.2, -0.15) is 0 Å². The van der Waals surface area contributed by atoms with Crippen molar-refractivity contribution in [3.05, 3.63) is 58.7 Å². The van der Waals surface area contributed by atoms with Crippen LogP contribution in [0.5, 0.6) is 5.75 Å². The largest absolute Gasteiger partial charge is 0.482 e. The molecular formula is C22H23N3O2S. The van der Waals surface area contributed by atoms with E-state index in [0.717, 1.165) is 40.3 Å². The highest BCUT2D eigenvalue weighted by Crippen LogP contribution is 2.34. The Morgan fingerprint density at radius 2 is 1.96 bits per heavy atom. The SMILES string of the molecule is CCC(CC)n1c(-c2ccc3c(c2)NC(=O)CO3)csc1=Nc1ccccc1. The fraction of sp³-hybridized carbons (Fsp3) is 0.273. The summed E-state index contributed by atoms with van der Waals surface area (Å²) in [5, 5.41) is 5.05. The number of thiazole rings is 1. The number of carbonyl (C=O) groups is 1. The second kappa shape index (κ2) is 8.02. The molecule has 0 spiro atoms. The fourth-order valence-electron chi connectivity index (χ4n) is 3.47. The molecule has 28 heavy (non-hydrogen) atoms. The van der Waals surface area contributed by atoms with E-state index in [4.69, 9.17) is 9.73 Å². The Bertz CT molecular complexity index is 1050. The molecule has 0 aliphatic carbocycles. The van der Waals surface area contributed by atoms with Gasteiger partial charge in [-0.25, -0.2) is 4.99 Å². The van der Waals surface area contributed by atoms with Crippen LogP contribution in [0.1, 0.15) is 32.7 Å². The number of hydrogen-bond donors (Lipinski definition) is 1. The van der Waals surface area contributed by atoms with E-state index in [1.165, 1.54) is 0 Å². The van der Waals surface area contributed by atoms with E-state index < -0.39 is 0 Å². The maximum atomic E-state index is 11.7. The summed E-state index contributed by atoms with van der Waals surface area (Å²) in [6.45, 7) is 4.48. The van der Waals surface area contributed by atoms with E-state index in [1.54, 1.807) is 11.3 Å². The highest BCUT2D eigenvalue weighted by atomic mass is 32.1. The van der Waals surface area contributed by atoms with Crippen molar-refractivity contribution < 1.29 is 9.53 Å². The zero-order chi connectivity index (χ0) is 19.5. The minimum Gasteiger partial charge on any atom is -0.482 e. The highest BCUT2D eigenvalue weighted by Gasteiger charge is 2.19. The number of amides is 1. The lowest BCUT2D eigenvalue weighted by Crippen LogP contribution is -2.25. The molecule has 2 aromatic carbocycles. The Morgan fingerprint density at radius 3 is 2.71 bits per heavy atom. The number of ether oxygens (including phenoxy) is 1. The number of carbonyl (C=O) groups excluding carboxylic acids is 1. The Hall–Kier alpha value is -2.86. The van der Waals surface area contributed by atoms with E-state index >= 15 is 0 Å². The molecule has 5 nitrogen and oxygen atoms in total. The van der Waals surface area contributed by atoms with Gasteiger partial charge in [-0.1, -0.05) is 32.0 Å². The molecule has 0 saturated carbocycles. The summed E-state index contributed by atoms with van der Waals surface area (Å²) in [4.78, 5) is 17.6. The number of nitrogens with zero attached hydrogens (tertiary/aromatic N) is 2. The second-order valence-corrected chi connectivity index (χ2v) is 7.58. The molecule has 1 amide bonds. The maximum Gasteiger partial charge on any atom is 0.262 e. The Labute approximate surface area is 168 Å². The normalized spacial score (nSPS) is 14.0. The number of aromatic nitrogens is 1. The van der Waals surface area contributed by atoms with Crippen LogP contribution >= 0.6 is 11.3 Å². The molecule has 0 saturated heterocycles. The van der Waals surface area contributed by atoms with Crippen molar-refractivity contribution in [1.29, 1.82) is 0 Å². The number of nitrogens with one attached hydrogen (secondary N) is 1. The molecule has 6 heteroatoms. The van der Waals surface area contributed by atoms with Crippen molar-refractivity contribution in [3.63, 3.8) is 0 Å². The standard InChI is InChI=1S/C22H23N3O2S/c1-3-17(4-2)25-19(14-28-22(25)23-16-8-6-5-7-9-16)15-10-11-20-18(12-15)24-21(26)13-27-20/h5-12,14,17H,3-4,13H2,1-2H3,(H,24,26). The molecule has 3 aromatic rings. The summed E-state index contributed by atoms with van der Waals surface area (Å²) < 4.78 is 7.82. The van der Waals surface area contributed by atoms with Gasteiger partial charge in [0, 0.05) is 17.0 Å². The summed E-state index contributed by atoms with van der Waals surface area (Å²) in [5.74, 6) is 0.587. The highest BCUT2D eigenvalue weighted by molar-refractivity contribution is 7.07. The average Bonchev–Trinajstić information content (AvgIpc) is 3.12. The summed E-state index contributed by atoms with van der Waals surface area (Å²) in [7, 11) is 0. The first-order valence-corrected chi connectivity index (χ1v) is 10.4. The minimum atomic E-state index is -0.123. The lowest BCUT2D eigenvalue weighted by atomic mass is 10.1. The lowest BCUT2D eigenvalue weighted by Gasteiger charge is -2.21. The van der Waals surface area contributed by atoms with Crippen molar-refractivity contribution in [2.75, 3.05) is 11.9 Å². The Kier molecular flexibility index (Phi) is 5.30. The van der Waals surface area contributed by atoms with Gasteiger partial charge in [-0.3, -0.25) is 4.79 Å². The summed E-state index contributed by atoms with van der Waals surface area (Å²) in [6, 6.07) is 16.3. The van der Waals surface area contributed by atoms with E-state index in [0.29, 0.717) is 11.8 Å². The van der Waals surface area contributed by atoms with Gasteiger partial charge in [0.15, 0.2) is 11.4 Å². The number of benzene rings is 2. The Morgan fingerprint density at radius 1 is 1.18 bits per heavy atom. The third-order valence-electron chi connectivity index (χ3n) is 4.94. The predicted molar refractivity (Wildman–Crippen MR) is 113 cm³/mol. The monoisotopic (exact) mass is 393 g/mol. The minimum absolute atomic E-state index is 0.0681. The van der Waals surface area contributed by atoms with E-state index in [-0.39, 0.29) is 12.5 Å². The van der Waals surface area contributed by atoms with Crippen LogP contribution in [-0.2, 0) is 4.79 Å². The molecular weight excluding hydrogens is 370 g/mol. The van der Waals surface area contributed by atoms with Crippen molar-refractivity contribution >= 4 is 28.6 Å². The lowest BCUT2D eigenvalue weighted by molar-refractivity contribution is -0.118. The molecule has 1 aliphatic rings. The molecule has 0 fully saturated rings. The zero-order valence-electron chi connectivity index (χ0n) is 16.0. The van der Waals surface area contributed by atoms with Crippen LogP contribution in [0.15, 0.2) is 58.9 Å². The third-order valence-corrected chi connectivity index (χ3v) is 5.78. The topological polar surface area (TPSA) is 55.6 Å². The van der Waals surface area contributed by atoms with Gasteiger partial charge in [0.2, 0.25) is 0 Å². The van der Waals surface area contributed by atoms with E-state index in [1.807, 2.05) is 48.5 Å². The summed E-state index contributed by atoms with van der Waals surface area (Å²) in [5.41, 5.74) is 3.82. The number of rotatable bonds is 5. The molecule has 0 unspecified atom stereocenters. The van der Waals surface area contributed by atoms with Crippen molar-refractivity contribution in [2.24, 2.45) is 4.99 Å². The average molecular weight is 394 g/mol. The van der Waals surface area contributed by atoms with Gasteiger partial charge < -0.3 is 14.6 Å². The first kappa shape index (κ1) is 18.5. The molecule has 2 heterocycles. The van der Waals surface area contributed by atoms with E-state index in [2.05, 4.69) is 29.1 Å². The first-order valence-electron chi connectivity index (χ1n) is 9.56. The van der Waals surface area contributed by atoms with Gasteiger partial charge in [0.05, 0.1) is 17.1 Å². The number of anilines is 1. The third kappa shape index (κ3) is 3.60. The van der Waals surface area contributed by atoms with Crippen molar-refractivity contribution in [3.8, 4) is 17.0 Å². The number of para-hydroxylation sites is 1. The molecule has 0 radical (unpaired) electrons. The van der Waals surface area contributed by atoms with Gasteiger partial charge >= 0.3 is 0 Å². The van der Waals surface area contributed by atoms with Crippen LogP contribution in [0.3, 0.4) is 0 Å². The summed E-state index contributed by atoms with van der Waals surface area (Å²) in [6.07, 6.45) is 2.04. The van der Waals surface area contributed by atoms with Gasteiger partial charge in [-0.05, 0) is 43.2 Å². The zero-order valence-corrected chi connectivity index (χ0v) is 16.8. The Balaban J connectivity index is 1.85. The van der Waals surface area contributed by atoms with Gasteiger partial charge in [0.25, 0.3) is 5.91 Å². The predicted octanol–water partition coefficient (Wildman–Crippen LogP) is 5.14. The van der Waals surface area contributed by atoms with Crippen LogP contribution in [0.2, 0.25) is 0 Å². The molecule has 144 valence electrons. The molecule has 4 rings (SSSR count). The molecule has 1 N–H and O–H groups in total. The molecule has 0 atom stereocenters. The number of hydrogen-bond acceptors (Lipinski definition) is 4. The second-order valence-electron chi connectivity index (χ2n) is 6.74. The quantitative estimate of drug-likeness (QED) is 0.652.